The summed E-state index contributed by atoms with van der Waals surface area (Å²) in [4.78, 5) is 0. The minimum Gasteiger partial charge on any atom is -0.313 e. The molecule has 1 unspecified atom stereocenters. The Morgan fingerprint density at radius 2 is 2.00 bits per heavy atom. The van der Waals surface area contributed by atoms with E-state index in [4.69, 9.17) is 0 Å². The van der Waals surface area contributed by atoms with Crippen molar-refractivity contribution in [1.82, 2.24) is 5.32 Å². The van der Waals surface area contributed by atoms with Gasteiger partial charge < -0.3 is 5.32 Å². The number of hydrogen-bond donors (Lipinski definition) is 1. The van der Waals surface area contributed by atoms with Crippen molar-refractivity contribution in [3.8, 4) is 0 Å². The third kappa shape index (κ3) is 10.6. The van der Waals surface area contributed by atoms with Gasteiger partial charge in [0.15, 0.2) is 0 Å². The van der Waals surface area contributed by atoms with E-state index < -0.39 is 0 Å². The molecule has 96 valence electrons. The molecule has 0 radical (unpaired) electrons. The predicted molar refractivity (Wildman–Crippen MR) is 78.3 cm³/mol. The fourth-order valence-corrected chi connectivity index (χ4v) is 2.35. The largest absolute Gasteiger partial charge is 0.313 e. The zero-order valence-electron chi connectivity index (χ0n) is 11.7. The molecule has 0 aromatic rings. The average Bonchev–Trinajstić information content (AvgIpc) is 2.15. The molecule has 1 atom stereocenters. The molecular formula is C14H29NS. The second-order valence-corrected chi connectivity index (χ2v) is 7.42. The van der Waals surface area contributed by atoms with Gasteiger partial charge in [-0.05, 0) is 32.7 Å². The first-order valence-corrected chi connectivity index (χ1v) is 7.35. The Balaban J connectivity index is 3.94. The van der Waals surface area contributed by atoms with E-state index in [0.717, 1.165) is 13.0 Å². The Hall–Kier alpha value is 0.0500. The van der Waals surface area contributed by atoms with Gasteiger partial charge in [-0.15, -0.1) is 6.58 Å². The highest BCUT2D eigenvalue weighted by Gasteiger charge is 2.15. The Morgan fingerprint density at radius 1 is 1.38 bits per heavy atom. The minimum absolute atomic E-state index is 0.370. The zero-order valence-corrected chi connectivity index (χ0v) is 12.5. The summed E-state index contributed by atoms with van der Waals surface area (Å²) in [5.74, 6) is 1.21. The van der Waals surface area contributed by atoms with Crippen LogP contribution in [0.15, 0.2) is 12.2 Å². The molecule has 0 heterocycles. The van der Waals surface area contributed by atoms with E-state index in [1.807, 2.05) is 0 Å². The zero-order chi connectivity index (χ0) is 12.6. The quantitative estimate of drug-likeness (QED) is 0.640. The lowest BCUT2D eigenvalue weighted by molar-refractivity contribution is 0.518. The molecule has 1 N–H and O–H groups in total. The van der Waals surface area contributed by atoms with Gasteiger partial charge in [-0.25, -0.2) is 0 Å². The van der Waals surface area contributed by atoms with Crippen LogP contribution in [-0.4, -0.2) is 23.1 Å². The van der Waals surface area contributed by atoms with Crippen LogP contribution < -0.4 is 5.32 Å². The van der Waals surface area contributed by atoms with E-state index in [9.17, 15) is 0 Å². The van der Waals surface area contributed by atoms with Gasteiger partial charge in [0.1, 0.15) is 0 Å². The first-order chi connectivity index (χ1) is 7.35. The fourth-order valence-electron chi connectivity index (χ4n) is 1.36. The van der Waals surface area contributed by atoms with Crippen LogP contribution >= 0.6 is 11.8 Å². The van der Waals surface area contributed by atoms with E-state index in [1.165, 1.54) is 24.2 Å². The molecule has 0 fully saturated rings. The SMILES string of the molecule is C=C(C)CCC(CSC(C)(C)C)NCCC. The molecule has 16 heavy (non-hydrogen) atoms. The molecule has 0 rings (SSSR count). The van der Waals surface area contributed by atoms with Crippen molar-refractivity contribution in [3.05, 3.63) is 12.2 Å². The normalized spacial score (nSPS) is 13.8. The summed E-state index contributed by atoms with van der Waals surface area (Å²) >= 11 is 2.05. The molecule has 0 aromatic heterocycles. The predicted octanol–water partition coefficient (Wildman–Crippen LogP) is 4.24. The van der Waals surface area contributed by atoms with Crippen LogP contribution in [0.1, 0.15) is 53.9 Å². The van der Waals surface area contributed by atoms with Crippen molar-refractivity contribution < 1.29 is 0 Å². The monoisotopic (exact) mass is 243 g/mol. The van der Waals surface area contributed by atoms with Gasteiger partial charge in [-0.1, -0.05) is 33.3 Å². The summed E-state index contributed by atoms with van der Waals surface area (Å²) in [5.41, 5.74) is 1.30. The van der Waals surface area contributed by atoms with E-state index in [1.54, 1.807) is 0 Å². The molecule has 0 bridgehead atoms. The molecule has 0 aliphatic heterocycles. The second-order valence-electron chi connectivity index (χ2n) is 5.57. The maximum Gasteiger partial charge on any atom is 0.0161 e. The third-order valence-corrected chi connectivity index (χ3v) is 3.76. The van der Waals surface area contributed by atoms with Crippen LogP contribution in [0.25, 0.3) is 0 Å². The first-order valence-electron chi connectivity index (χ1n) is 6.37. The van der Waals surface area contributed by atoms with Crippen LogP contribution in [-0.2, 0) is 0 Å². The Kier molecular flexibility index (Phi) is 8.21. The number of allylic oxidation sites excluding steroid dienone is 1. The third-order valence-electron chi connectivity index (χ3n) is 2.32. The molecule has 1 nitrogen and oxygen atoms in total. The number of nitrogens with one attached hydrogen (secondary N) is 1. The number of thioether (sulfide) groups is 1. The Bertz CT molecular complexity index is 193. The van der Waals surface area contributed by atoms with Gasteiger partial charge in [-0.2, -0.15) is 11.8 Å². The van der Waals surface area contributed by atoms with Gasteiger partial charge in [0.25, 0.3) is 0 Å². The van der Waals surface area contributed by atoms with E-state index >= 15 is 0 Å². The fraction of sp³-hybridized carbons (Fsp3) is 0.857. The van der Waals surface area contributed by atoms with Gasteiger partial charge in [0.05, 0.1) is 0 Å². The highest BCUT2D eigenvalue weighted by atomic mass is 32.2. The summed E-state index contributed by atoms with van der Waals surface area (Å²) < 4.78 is 0.370. The molecule has 0 saturated carbocycles. The molecule has 0 amide bonds. The summed E-state index contributed by atoms with van der Waals surface area (Å²) in [6.07, 6.45) is 3.58. The van der Waals surface area contributed by atoms with Crippen LogP contribution in [0.5, 0.6) is 0 Å². The lowest BCUT2D eigenvalue weighted by Gasteiger charge is -2.24. The summed E-state index contributed by atoms with van der Waals surface area (Å²) in [6, 6.07) is 0.640. The second kappa shape index (κ2) is 8.19. The van der Waals surface area contributed by atoms with E-state index in [0.29, 0.717) is 10.8 Å². The Labute approximate surface area is 106 Å². The van der Waals surface area contributed by atoms with Crippen molar-refractivity contribution in [3.63, 3.8) is 0 Å². The van der Waals surface area contributed by atoms with Crippen molar-refractivity contribution in [2.24, 2.45) is 0 Å². The van der Waals surface area contributed by atoms with Crippen LogP contribution in [0, 0.1) is 0 Å². The topological polar surface area (TPSA) is 12.0 Å². The molecule has 0 aliphatic carbocycles. The highest BCUT2D eigenvalue weighted by Crippen LogP contribution is 2.24. The lowest BCUT2D eigenvalue weighted by atomic mass is 10.1. The van der Waals surface area contributed by atoms with Gasteiger partial charge >= 0.3 is 0 Å². The van der Waals surface area contributed by atoms with Crippen molar-refractivity contribution in [2.75, 3.05) is 12.3 Å². The summed E-state index contributed by atoms with van der Waals surface area (Å²) in [7, 11) is 0. The summed E-state index contributed by atoms with van der Waals surface area (Å²) in [5, 5.41) is 3.64. The molecule has 0 spiro atoms. The Morgan fingerprint density at radius 3 is 2.44 bits per heavy atom. The van der Waals surface area contributed by atoms with Crippen molar-refractivity contribution in [1.29, 1.82) is 0 Å². The van der Waals surface area contributed by atoms with Gasteiger partial charge in [0, 0.05) is 16.5 Å². The standard InChI is InChI=1S/C14H29NS/c1-7-10-15-13(9-8-12(2)3)11-16-14(4,5)6/h13,15H,2,7-11H2,1,3-6H3. The van der Waals surface area contributed by atoms with Gasteiger partial charge in [0.2, 0.25) is 0 Å². The van der Waals surface area contributed by atoms with Crippen molar-refractivity contribution in [2.45, 2.75) is 64.7 Å². The smallest absolute Gasteiger partial charge is 0.0161 e. The summed E-state index contributed by atoms with van der Waals surface area (Å²) in [6.45, 7) is 16.3. The molecular weight excluding hydrogens is 214 g/mol. The highest BCUT2D eigenvalue weighted by molar-refractivity contribution is 8.00. The van der Waals surface area contributed by atoms with E-state index in [-0.39, 0.29) is 0 Å². The average molecular weight is 243 g/mol. The molecule has 0 aromatic carbocycles. The minimum atomic E-state index is 0.370. The van der Waals surface area contributed by atoms with Crippen LogP contribution in [0.3, 0.4) is 0 Å². The van der Waals surface area contributed by atoms with Crippen LogP contribution in [0.2, 0.25) is 0 Å². The molecule has 0 saturated heterocycles. The number of hydrogen-bond acceptors (Lipinski definition) is 2. The van der Waals surface area contributed by atoms with Crippen LogP contribution in [0.4, 0.5) is 0 Å². The van der Waals surface area contributed by atoms with Crippen molar-refractivity contribution >= 4 is 11.8 Å². The number of rotatable bonds is 8. The first kappa shape index (κ1) is 16.1. The molecule has 0 aliphatic rings. The van der Waals surface area contributed by atoms with E-state index in [2.05, 4.69) is 58.3 Å². The molecule has 2 heteroatoms. The van der Waals surface area contributed by atoms with Gasteiger partial charge in [-0.3, -0.25) is 0 Å². The lowest BCUT2D eigenvalue weighted by Crippen LogP contribution is -2.33. The maximum atomic E-state index is 3.98. The maximum absolute atomic E-state index is 3.98.